The third-order valence-electron chi connectivity index (χ3n) is 1.98. The van der Waals surface area contributed by atoms with Gasteiger partial charge in [0.05, 0.1) is 13.2 Å². The van der Waals surface area contributed by atoms with Crippen molar-refractivity contribution in [3.05, 3.63) is 29.8 Å². The Balaban J connectivity index is 2.48. The summed E-state index contributed by atoms with van der Waals surface area (Å²) in [6.07, 6.45) is -0.697. The number of hydrazine groups is 1. The van der Waals surface area contributed by atoms with Gasteiger partial charge in [-0.05, 0) is 38.1 Å². The second-order valence-corrected chi connectivity index (χ2v) is 3.26. The molecule has 0 atom stereocenters. The zero-order valence-corrected chi connectivity index (χ0v) is 10.4. The van der Waals surface area contributed by atoms with Gasteiger partial charge in [0.1, 0.15) is 5.75 Å². The molecule has 0 bridgehead atoms. The third kappa shape index (κ3) is 4.32. The first-order valence-corrected chi connectivity index (χ1v) is 5.63. The predicted octanol–water partition coefficient (Wildman–Crippen LogP) is 1.48. The van der Waals surface area contributed by atoms with Crippen molar-refractivity contribution in [1.29, 1.82) is 0 Å². The van der Waals surface area contributed by atoms with Gasteiger partial charge in [0.15, 0.2) is 0 Å². The van der Waals surface area contributed by atoms with Crippen molar-refractivity contribution in [2.24, 2.45) is 0 Å². The van der Waals surface area contributed by atoms with Crippen molar-refractivity contribution in [2.45, 2.75) is 13.8 Å². The lowest BCUT2D eigenvalue weighted by molar-refractivity contribution is 0.0912. The van der Waals surface area contributed by atoms with Crippen LogP contribution < -0.4 is 15.6 Å². The smallest absolute Gasteiger partial charge is 0.426 e. The van der Waals surface area contributed by atoms with Crippen LogP contribution in [0.15, 0.2) is 24.3 Å². The van der Waals surface area contributed by atoms with Crippen molar-refractivity contribution in [3.8, 4) is 5.75 Å². The second-order valence-electron chi connectivity index (χ2n) is 3.26. The van der Waals surface area contributed by atoms with Crippen LogP contribution in [0.3, 0.4) is 0 Å². The number of ether oxygens (including phenoxy) is 2. The monoisotopic (exact) mass is 252 g/mol. The van der Waals surface area contributed by atoms with Gasteiger partial charge in [-0.25, -0.2) is 10.2 Å². The van der Waals surface area contributed by atoms with E-state index in [1.54, 1.807) is 31.2 Å². The number of carbonyl (C=O) groups excluding carboxylic acids is 2. The molecule has 0 fully saturated rings. The van der Waals surface area contributed by atoms with Crippen LogP contribution in [0.1, 0.15) is 24.2 Å². The van der Waals surface area contributed by atoms with Gasteiger partial charge in [-0.3, -0.25) is 10.2 Å². The number of hydrogen-bond acceptors (Lipinski definition) is 4. The molecule has 2 N–H and O–H groups in total. The van der Waals surface area contributed by atoms with Crippen LogP contribution in [0.4, 0.5) is 4.79 Å². The fourth-order valence-corrected chi connectivity index (χ4v) is 1.22. The molecule has 0 saturated heterocycles. The predicted molar refractivity (Wildman–Crippen MR) is 65.2 cm³/mol. The lowest BCUT2D eigenvalue weighted by atomic mass is 10.2. The molecule has 1 rings (SSSR count). The van der Waals surface area contributed by atoms with Gasteiger partial charge in [-0.2, -0.15) is 0 Å². The lowest BCUT2D eigenvalue weighted by Gasteiger charge is -2.07. The molecule has 0 spiro atoms. The highest BCUT2D eigenvalue weighted by Gasteiger charge is 2.07. The molecule has 0 heterocycles. The summed E-state index contributed by atoms with van der Waals surface area (Å²) in [6, 6.07) is 6.58. The number of benzene rings is 1. The number of nitrogens with one attached hydrogen (secondary N) is 2. The Morgan fingerprint density at radius 3 is 2.28 bits per heavy atom. The van der Waals surface area contributed by atoms with E-state index in [-0.39, 0.29) is 6.61 Å². The number of carbonyl (C=O) groups is 2. The van der Waals surface area contributed by atoms with Crippen molar-refractivity contribution in [2.75, 3.05) is 13.2 Å². The summed E-state index contributed by atoms with van der Waals surface area (Å²) >= 11 is 0. The molecular weight excluding hydrogens is 236 g/mol. The van der Waals surface area contributed by atoms with Gasteiger partial charge in [-0.15, -0.1) is 0 Å². The highest BCUT2D eigenvalue weighted by Crippen LogP contribution is 2.11. The second kappa shape index (κ2) is 7.16. The topological polar surface area (TPSA) is 76.7 Å². The molecule has 1 aromatic rings. The van der Waals surface area contributed by atoms with E-state index in [2.05, 4.69) is 15.6 Å². The zero-order chi connectivity index (χ0) is 13.4. The summed E-state index contributed by atoms with van der Waals surface area (Å²) in [4.78, 5) is 22.6. The van der Waals surface area contributed by atoms with Crippen molar-refractivity contribution in [3.63, 3.8) is 0 Å². The Morgan fingerprint density at radius 1 is 1.06 bits per heavy atom. The molecule has 1 aromatic carbocycles. The Bertz CT molecular complexity index is 403. The van der Waals surface area contributed by atoms with Crippen LogP contribution in [-0.4, -0.2) is 25.2 Å². The number of amides is 2. The minimum Gasteiger partial charge on any atom is -0.494 e. The summed E-state index contributed by atoms with van der Waals surface area (Å²) in [5, 5.41) is 0. The maximum atomic E-state index is 11.6. The molecule has 0 aromatic heterocycles. The maximum absolute atomic E-state index is 11.6. The molecule has 18 heavy (non-hydrogen) atoms. The minimum atomic E-state index is -0.697. The fraction of sp³-hybridized carbons (Fsp3) is 0.333. The molecule has 2 amide bonds. The quantitative estimate of drug-likeness (QED) is 0.796. The van der Waals surface area contributed by atoms with Gasteiger partial charge < -0.3 is 9.47 Å². The molecule has 0 unspecified atom stereocenters. The molecule has 0 radical (unpaired) electrons. The average Bonchev–Trinajstić information content (AvgIpc) is 2.37. The Kier molecular flexibility index (Phi) is 5.50. The highest BCUT2D eigenvalue weighted by atomic mass is 16.6. The Labute approximate surface area is 105 Å². The standard InChI is InChI=1S/C12H16N2O4/c1-3-17-10-7-5-9(6-8-10)11(15)13-14-12(16)18-4-2/h5-8H,3-4H2,1-2H3,(H,13,15)(H,14,16). The van der Waals surface area contributed by atoms with Crippen LogP contribution in [0, 0.1) is 0 Å². The van der Waals surface area contributed by atoms with Gasteiger partial charge >= 0.3 is 6.09 Å². The SMILES string of the molecule is CCOC(=O)NNC(=O)c1ccc(OCC)cc1. The molecule has 0 saturated carbocycles. The third-order valence-corrected chi connectivity index (χ3v) is 1.98. The summed E-state index contributed by atoms with van der Waals surface area (Å²) in [5.74, 6) is 0.263. The van der Waals surface area contributed by atoms with E-state index in [9.17, 15) is 9.59 Å². The highest BCUT2D eigenvalue weighted by molar-refractivity contribution is 5.94. The van der Waals surface area contributed by atoms with Crippen LogP contribution in [0.5, 0.6) is 5.75 Å². The van der Waals surface area contributed by atoms with Crippen LogP contribution in [-0.2, 0) is 4.74 Å². The molecule has 6 heteroatoms. The first-order chi connectivity index (χ1) is 8.67. The molecule has 6 nitrogen and oxygen atoms in total. The van der Waals surface area contributed by atoms with E-state index < -0.39 is 12.0 Å². The number of rotatable bonds is 4. The van der Waals surface area contributed by atoms with Crippen molar-refractivity contribution < 1.29 is 19.1 Å². The molecule has 0 aliphatic rings. The molecular formula is C12H16N2O4. The molecule has 0 aliphatic heterocycles. The van der Waals surface area contributed by atoms with Crippen molar-refractivity contribution in [1.82, 2.24) is 10.9 Å². The minimum absolute atomic E-state index is 0.241. The van der Waals surface area contributed by atoms with Crippen LogP contribution >= 0.6 is 0 Å². The van der Waals surface area contributed by atoms with E-state index in [0.29, 0.717) is 17.9 Å². The first kappa shape index (κ1) is 13.8. The van der Waals surface area contributed by atoms with Gasteiger partial charge in [0, 0.05) is 5.56 Å². The van der Waals surface area contributed by atoms with Gasteiger partial charge in [0.2, 0.25) is 0 Å². The van der Waals surface area contributed by atoms with Gasteiger partial charge in [-0.1, -0.05) is 0 Å². The molecule has 98 valence electrons. The van der Waals surface area contributed by atoms with Crippen LogP contribution in [0.2, 0.25) is 0 Å². The normalized spacial score (nSPS) is 9.44. The van der Waals surface area contributed by atoms with Crippen LogP contribution in [0.25, 0.3) is 0 Å². The largest absolute Gasteiger partial charge is 0.494 e. The van der Waals surface area contributed by atoms with E-state index in [1.807, 2.05) is 6.92 Å². The average molecular weight is 252 g/mol. The summed E-state index contributed by atoms with van der Waals surface area (Å²) in [6.45, 7) is 4.36. The molecule has 0 aliphatic carbocycles. The van der Waals surface area contributed by atoms with Gasteiger partial charge in [0.25, 0.3) is 5.91 Å². The van der Waals surface area contributed by atoms with E-state index in [4.69, 9.17) is 4.74 Å². The Hall–Kier alpha value is -2.24. The summed E-state index contributed by atoms with van der Waals surface area (Å²) < 4.78 is 9.84. The summed E-state index contributed by atoms with van der Waals surface area (Å²) in [7, 11) is 0. The van der Waals surface area contributed by atoms with Crippen molar-refractivity contribution >= 4 is 12.0 Å². The maximum Gasteiger partial charge on any atom is 0.426 e. The Morgan fingerprint density at radius 2 is 1.72 bits per heavy atom. The van der Waals surface area contributed by atoms with E-state index in [1.165, 1.54) is 0 Å². The lowest BCUT2D eigenvalue weighted by Crippen LogP contribution is -2.41. The summed E-state index contributed by atoms with van der Waals surface area (Å²) in [5.41, 5.74) is 4.77. The zero-order valence-electron chi connectivity index (χ0n) is 10.4. The van der Waals surface area contributed by atoms with E-state index in [0.717, 1.165) is 0 Å². The van der Waals surface area contributed by atoms with E-state index >= 15 is 0 Å². The first-order valence-electron chi connectivity index (χ1n) is 5.63. The fourth-order valence-electron chi connectivity index (χ4n) is 1.22. The number of hydrogen-bond donors (Lipinski definition) is 2.